The molecule has 184 valence electrons. The zero-order valence-corrected chi connectivity index (χ0v) is 20.1. The van der Waals surface area contributed by atoms with Gasteiger partial charge in [-0.15, -0.1) is 22.7 Å². The molecule has 2 heterocycles. The maximum absolute atomic E-state index is 10.8. The molecule has 2 aromatic heterocycles. The first-order valence-corrected chi connectivity index (χ1v) is 11.3. The second-order valence-electron chi connectivity index (χ2n) is 7.09. The summed E-state index contributed by atoms with van der Waals surface area (Å²) in [4.78, 5) is 23.5. The van der Waals surface area contributed by atoms with E-state index >= 15 is 0 Å². The fourth-order valence-corrected chi connectivity index (χ4v) is 5.24. The van der Waals surface area contributed by atoms with Crippen molar-refractivity contribution in [2.45, 2.75) is 25.9 Å². The number of nitrogens with zero attached hydrogens (tertiary/aromatic N) is 2. The molecule has 0 saturated heterocycles. The molecule has 0 saturated carbocycles. The lowest BCUT2D eigenvalue weighted by Crippen LogP contribution is -2.34. The van der Waals surface area contributed by atoms with Crippen molar-refractivity contribution < 1.29 is 31.0 Å². The number of fused-ring (bicyclic) bond motifs is 2. The van der Waals surface area contributed by atoms with Crippen LogP contribution in [0.4, 0.5) is 9.59 Å². The van der Waals surface area contributed by atoms with E-state index in [1.807, 2.05) is 60.7 Å². The van der Waals surface area contributed by atoms with E-state index in [4.69, 9.17) is 11.5 Å². The molecule has 0 unspecified atom stereocenters. The van der Waals surface area contributed by atoms with Gasteiger partial charge in [0.15, 0.2) is 0 Å². The van der Waals surface area contributed by atoms with Gasteiger partial charge in [-0.1, -0.05) is 36.4 Å². The first kappa shape index (κ1) is 28.8. The number of nitrogens with two attached hydrogens (primary N) is 2. The number of benzene rings is 2. The molecule has 4 rings (SSSR count). The van der Waals surface area contributed by atoms with Crippen molar-refractivity contribution in [3.8, 4) is 0 Å². The van der Waals surface area contributed by atoms with Crippen LogP contribution in [0, 0.1) is 0 Å². The van der Waals surface area contributed by atoms with Gasteiger partial charge in [-0.3, -0.25) is 10.4 Å². The SMILES string of the molecule is C[C@@H](c1cc2ccccc2s1)N(O)C(N)=O.C[C@H](c1cc2ccccc2s1)N(O)C(N)=O.O.O. The van der Waals surface area contributed by atoms with E-state index in [-0.39, 0.29) is 11.0 Å². The summed E-state index contributed by atoms with van der Waals surface area (Å²) in [5.74, 6) is 0. The monoisotopic (exact) mass is 508 g/mol. The van der Waals surface area contributed by atoms with E-state index in [1.165, 1.54) is 0 Å². The van der Waals surface area contributed by atoms with Crippen molar-refractivity contribution in [3.63, 3.8) is 0 Å². The lowest BCUT2D eigenvalue weighted by atomic mass is 10.2. The van der Waals surface area contributed by atoms with Crippen LogP contribution in [-0.2, 0) is 0 Å². The van der Waals surface area contributed by atoms with Crippen molar-refractivity contribution in [2.75, 3.05) is 0 Å². The summed E-state index contributed by atoms with van der Waals surface area (Å²) in [7, 11) is 0. The minimum Gasteiger partial charge on any atom is -0.412 e. The highest BCUT2D eigenvalue weighted by atomic mass is 32.1. The van der Waals surface area contributed by atoms with Crippen LogP contribution in [-0.4, -0.2) is 43.6 Å². The fourth-order valence-electron chi connectivity index (χ4n) is 3.04. The van der Waals surface area contributed by atoms with E-state index in [0.717, 1.165) is 29.9 Å². The van der Waals surface area contributed by atoms with Crippen LogP contribution < -0.4 is 11.5 Å². The number of amides is 4. The van der Waals surface area contributed by atoms with Crippen molar-refractivity contribution >= 4 is 54.9 Å². The Balaban J connectivity index is 0.000000321. The molecule has 34 heavy (non-hydrogen) atoms. The molecule has 0 fully saturated rings. The van der Waals surface area contributed by atoms with Gasteiger partial charge >= 0.3 is 12.1 Å². The number of urea groups is 2. The number of hydroxylamine groups is 4. The van der Waals surface area contributed by atoms with Gasteiger partial charge in [0.2, 0.25) is 0 Å². The molecule has 0 aliphatic carbocycles. The summed E-state index contributed by atoms with van der Waals surface area (Å²) in [5.41, 5.74) is 10.0. The van der Waals surface area contributed by atoms with Gasteiger partial charge in [0.05, 0.1) is 12.1 Å². The highest BCUT2D eigenvalue weighted by Crippen LogP contribution is 2.32. The Kier molecular flexibility index (Phi) is 10.4. The molecule has 0 bridgehead atoms. The second kappa shape index (κ2) is 12.3. The molecule has 2 aromatic carbocycles. The molecule has 4 aromatic rings. The first-order valence-electron chi connectivity index (χ1n) is 9.71. The molecular weight excluding hydrogens is 480 g/mol. The van der Waals surface area contributed by atoms with Crippen LogP contribution in [0.25, 0.3) is 20.2 Å². The van der Waals surface area contributed by atoms with Crippen LogP contribution in [0.1, 0.15) is 35.7 Å². The van der Waals surface area contributed by atoms with E-state index in [9.17, 15) is 20.0 Å². The molecule has 4 amide bonds. The lowest BCUT2D eigenvalue weighted by Gasteiger charge is -2.18. The van der Waals surface area contributed by atoms with E-state index in [1.54, 1.807) is 36.5 Å². The average molecular weight is 509 g/mol. The minimum absolute atomic E-state index is 0. The second-order valence-corrected chi connectivity index (χ2v) is 9.32. The van der Waals surface area contributed by atoms with Crippen molar-refractivity contribution in [1.29, 1.82) is 0 Å². The van der Waals surface area contributed by atoms with Gasteiger partial charge in [0.1, 0.15) is 0 Å². The van der Waals surface area contributed by atoms with Crippen LogP contribution in [0.5, 0.6) is 0 Å². The third kappa shape index (κ3) is 6.41. The zero-order chi connectivity index (χ0) is 23.4. The Morgan fingerprint density at radius 2 is 1.06 bits per heavy atom. The maximum atomic E-state index is 10.8. The predicted molar refractivity (Wildman–Crippen MR) is 134 cm³/mol. The van der Waals surface area contributed by atoms with Gasteiger partial charge in [-0.2, -0.15) is 10.1 Å². The molecule has 0 aliphatic rings. The van der Waals surface area contributed by atoms with Gasteiger partial charge in [-0.05, 0) is 48.9 Å². The summed E-state index contributed by atoms with van der Waals surface area (Å²) in [5, 5.41) is 22.2. The van der Waals surface area contributed by atoms with Crippen molar-refractivity contribution in [3.05, 3.63) is 70.4 Å². The van der Waals surface area contributed by atoms with Gasteiger partial charge in [-0.25, -0.2) is 9.59 Å². The summed E-state index contributed by atoms with van der Waals surface area (Å²) in [6.07, 6.45) is 0. The van der Waals surface area contributed by atoms with Crippen LogP contribution >= 0.6 is 22.7 Å². The molecule has 12 heteroatoms. The smallest absolute Gasteiger partial charge is 0.339 e. The van der Waals surface area contributed by atoms with Crippen LogP contribution in [0.3, 0.4) is 0 Å². The fraction of sp³-hybridized carbons (Fsp3) is 0.182. The Morgan fingerprint density at radius 3 is 1.35 bits per heavy atom. The largest absolute Gasteiger partial charge is 0.412 e. The summed E-state index contributed by atoms with van der Waals surface area (Å²) in [6.45, 7) is 3.46. The van der Waals surface area contributed by atoms with E-state index in [0.29, 0.717) is 10.1 Å². The number of hydrogen-bond donors (Lipinski definition) is 4. The molecule has 0 radical (unpaired) electrons. The minimum atomic E-state index is -0.843. The Bertz CT molecular complexity index is 1080. The third-order valence-electron chi connectivity index (χ3n) is 4.90. The van der Waals surface area contributed by atoms with Gasteiger partial charge in [0.25, 0.3) is 0 Å². The third-order valence-corrected chi connectivity index (χ3v) is 7.47. The number of carbonyl (C=O) groups excluding carboxylic acids is 2. The quantitative estimate of drug-likeness (QED) is 0.240. The van der Waals surface area contributed by atoms with Crippen molar-refractivity contribution in [1.82, 2.24) is 10.1 Å². The Morgan fingerprint density at radius 1 is 0.735 bits per heavy atom. The van der Waals surface area contributed by atoms with Crippen LogP contribution in [0.15, 0.2) is 60.7 Å². The molecule has 2 atom stereocenters. The van der Waals surface area contributed by atoms with Gasteiger partial charge < -0.3 is 22.4 Å². The topological polar surface area (TPSA) is 196 Å². The van der Waals surface area contributed by atoms with Crippen LogP contribution in [0.2, 0.25) is 0 Å². The highest BCUT2D eigenvalue weighted by Gasteiger charge is 2.20. The summed E-state index contributed by atoms with van der Waals surface area (Å²) in [6, 6.07) is 17.2. The Hall–Kier alpha value is -3.26. The maximum Gasteiger partial charge on any atom is 0.339 e. The lowest BCUT2D eigenvalue weighted by molar-refractivity contribution is -0.0700. The standard InChI is InChI=1S/2C11H12N2O2S.2H2O/c2*1-7(13(15)11(12)14)10-6-8-4-2-3-5-9(8)16-10;;/h2*2-7,15H,1H3,(H2,12,14);2*1H2/t2*7-;;/m10../s1. The number of thiophene rings is 2. The average Bonchev–Trinajstić information content (AvgIpc) is 3.41. The van der Waals surface area contributed by atoms with E-state index < -0.39 is 24.1 Å². The van der Waals surface area contributed by atoms with Gasteiger partial charge in [0, 0.05) is 19.2 Å². The molecule has 10 nitrogen and oxygen atoms in total. The summed E-state index contributed by atoms with van der Waals surface area (Å²) >= 11 is 3.08. The highest BCUT2D eigenvalue weighted by molar-refractivity contribution is 7.19. The van der Waals surface area contributed by atoms with E-state index in [2.05, 4.69) is 0 Å². The Labute approximate surface area is 203 Å². The predicted octanol–water partition coefficient (Wildman–Crippen LogP) is 3.82. The first-order chi connectivity index (χ1) is 15.2. The molecule has 10 N–H and O–H groups in total. The molecule has 0 aliphatic heterocycles. The molecular formula is C22H28N4O6S2. The number of hydrogen-bond acceptors (Lipinski definition) is 6. The summed E-state index contributed by atoms with van der Waals surface area (Å²) < 4.78 is 2.25. The zero-order valence-electron chi connectivity index (χ0n) is 18.5. The van der Waals surface area contributed by atoms with Crippen molar-refractivity contribution in [2.24, 2.45) is 11.5 Å². The molecule has 0 spiro atoms. The number of carbonyl (C=O) groups is 2. The number of primary amides is 2. The number of rotatable bonds is 4. The normalized spacial score (nSPS) is 11.9.